The summed E-state index contributed by atoms with van der Waals surface area (Å²) in [5.74, 6) is -2.06. The molecular weight excluding hydrogens is 227 g/mol. The van der Waals surface area contributed by atoms with Gasteiger partial charge >= 0.3 is 6.18 Å². The second kappa shape index (κ2) is 3.32. The Morgan fingerprint density at radius 2 is 1.94 bits per heavy atom. The summed E-state index contributed by atoms with van der Waals surface area (Å²) in [4.78, 5) is 27.3. The normalized spacial score (nSPS) is 15.6. The lowest BCUT2D eigenvalue weighted by molar-refractivity contribution is -0.145. The maximum absolute atomic E-state index is 12.3. The Kier molecular flexibility index (Phi) is 2.21. The van der Waals surface area contributed by atoms with E-state index in [1.54, 1.807) is 4.98 Å². The Labute approximate surface area is 86.7 Å². The number of H-pyrrole nitrogens is 1. The highest BCUT2D eigenvalue weighted by atomic mass is 19.4. The monoisotopic (exact) mass is 233 g/mol. The predicted octanol–water partition coefficient (Wildman–Crippen LogP) is 0.0746. The molecule has 8 heteroatoms. The fourth-order valence-electron chi connectivity index (χ4n) is 1.45. The third kappa shape index (κ3) is 1.66. The van der Waals surface area contributed by atoms with E-state index in [4.69, 9.17) is 0 Å². The van der Waals surface area contributed by atoms with Crippen molar-refractivity contribution in [2.24, 2.45) is 0 Å². The number of hydrogen-bond acceptors (Lipinski definition) is 3. The van der Waals surface area contributed by atoms with Crippen molar-refractivity contribution in [3.63, 3.8) is 0 Å². The molecule has 5 nitrogen and oxygen atoms in total. The van der Waals surface area contributed by atoms with E-state index in [0.717, 1.165) is 0 Å². The van der Waals surface area contributed by atoms with E-state index in [2.05, 4.69) is 10.3 Å². The van der Waals surface area contributed by atoms with Crippen molar-refractivity contribution in [1.82, 2.24) is 15.3 Å². The highest BCUT2D eigenvalue weighted by Crippen LogP contribution is 2.25. The van der Waals surface area contributed by atoms with Gasteiger partial charge in [-0.25, -0.2) is 4.98 Å². The standard InChI is InChI=1S/C8H6F3N3O2/c9-8(10,11)7-13-3-1-2-12-5(15)4(3)6(16)14-7/h1-2H2,(H,12,15)(H,13,14,16). The summed E-state index contributed by atoms with van der Waals surface area (Å²) in [6.07, 6.45) is -4.60. The van der Waals surface area contributed by atoms with E-state index in [1.165, 1.54) is 0 Å². The number of alkyl halides is 3. The van der Waals surface area contributed by atoms with Crippen LogP contribution in [0.4, 0.5) is 13.2 Å². The third-order valence-electron chi connectivity index (χ3n) is 2.14. The van der Waals surface area contributed by atoms with Crippen LogP contribution in [0.25, 0.3) is 0 Å². The molecule has 86 valence electrons. The highest BCUT2D eigenvalue weighted by molar-refractivity contribution is 5.95. The summed E-state index contributed by atoms with van der Waals surface area (Å²) in [5.41, 5.74) is -1.51. The minimum Gasteiger partial charge on any atom is -0.351 e. The lowest BCUT2D eigenvalue weighted by atomic mass is 10.1. The zero-order valence-electron chi connectivity index (χ0n) is 7.81. The molecule has 0 aliphatic carbocycles. The van der Waals surface area contributed by atoms with Gasteiger partial charge < -0.3 is 10.3 Å². The molecule has 0 saturated carbocycles. The number of nitrogens with one attached hydrogen (secondary N) is 2. The molecule has 1 aromatic rings. The topological polar surface area (TPSA) is 74.8 Å². The molecule has 0 atom stereocenters. The van der Waals surface area contributed by atoms with E-state index in [-0.39, 0.29) is 24.2 Å². The van der Waals surface area contributed by atoms with Gasteiger partial charge in [-0.15, -0.1) is 0 Å². The van der Waals surface area contributed by atoms with E-state index in [9.17, 15) is 22.8 Å². The number of fused-ring (bicyclic) bond motifs is 1. The van der Waals surface area contributed by atoms with Crippen LogP contribution in [0.3, 0.4) is 0 Å². The first-order chi connectivity index (χ1) is 7.39. The van der Waals surface area contributed by atoms with E-state index < -0.39 is 23.5 Å². The van der Waals surface area contributed by atoms with Gasteiger partial charge in [0.2, 0.25) is 5.82 Å². The van der Waals surface area contributed by atoms with Crippen LogP contribution in [0.5, 0.6) is 0 Å². The summed E-state index contributed by atoms with van der Waals surface area (Å²) < 4.78 is 36.9. The van der Waals surface area contributed by atoms with Crippen molar-refractivity contribution in [2.45, 2.75) is 12.6 Å². The van der Waals surface area contributed by atoms with Gasteiger partial charge in [-0.05, 0) is 0 Å². The van der Waals surface area contributed by atoms with E-state index in [0.29, 0.717) is 0 Å². The molecule has 0 saturated heterocycles. The lowest BCUT2D eigenvalue weighted by Crippen LogP contribution is -2.39. The first-order valence-corrected chi connectivity index (χ1v) is 4.38. The lowest BCUT2D eigenvalue weighted by Gasteiger charge is -2.15. The number of rotatable bonds is 0. The molecule has 0 fully saturated rings. The molecule has 1 aromatic heterocycles. The zero-order chi connectivity index (χ0) is 11.9. The molecule has 16 heavy (non-hydrogen) atoms. The number of hydrogen-bond donors (Lipinski definition) is 2. The number of amides is 1. The molecule has 0 bridgehead atoms. The Bertz CT molecular complexity index is 506. The quantitative estimate of drug-likeness (QED) is 0.666. The van der Waals surface area contributed by atoms with Crippen molar-refractivity contribution in [3.05, 3.63) is 27.4 Å². The molecular formula is C8H6F3N3O2. The third-order valence-corrected chi connectivity index (χ3v) is 2.14. The second-order valence-corrected chi connectivity index (χ2v) is 3.24. The molecule has 0 unspecified atom stereocenters. The molecule has 0 spiro atoms. The maximum Gasteiger partial charge on any atom is 0.449 e. The number of halogens is 3. The number of nitrogens with zero attached hydrogens (tertiary/aromatic N) is 1. The van der Waals surface area contributed by atoms with Crippen LogP contribution in [0.1, 0.15) is 21.9 Å². The van der Waals surface area contributed by atoms with Crippen molar-refractivity contribution < 1.29 is 18.0 Å². The number of aromatic nitrogens is 2. The Hall–Kier alpha value is -1.86. The Morgan fingerprint density at radius 3 is 2.56 bits per heavy atom. The largest absolute Gasteiger partial charge is 0.449 e. The van der Waals surface area contributed by atoms with Gasteiger partial charge in [0.25, 0.3) is 11.5 Å². The smallest absolute Gasteiger partial charge is 0.351 e. The van der Waals surface area contributed by atoms with Crippen LogP contribution >= 0.6 is 0 Å². The molecule has 2 rings (SSSR count). The van der Waals surface area contributed by atoms with Gasteiger partial charge in [0, 0.05) is 13.0 Å². The SMILES string of the molecule is O=C1NCCc2nc(C(F)(F)F)[nH]c(=O)c21. The van der Waals surface area contributed by atoms with Gasteiger partial charge in [-0.1, -0.05) is 0 Å². The van der Waals surface area contributed by atoms with Crippen LogP contribution < -0.4 is 10.9 Å². The van der Waals surface area contributed by atoms with Crippen molar-refractivity contribution >= 4 is 5.91 Å². The number of carbonyl (C=O) groups excluding carboxylic acids is 1. The minimum absolute atomic E-state index is 0.111. The predicted molar refractivity (Wildman–Crippen MR) is 45.9 cm³/mol. The Balaban J connectivity index is 2.63. The van der Waals surface area contributed by atoms with Gasteiger partial charge in [-0.3, -0.25) is 9.59 Å². The van der Waals surface area contributed by atoms with E-state index >= 15 is 0 Å². The average molecular weight is 233 g/mol. The first-order valence-electron chi connectivity index (χ1n) is 4.38. The summed E-state index contributed by atoms with van der Waals surface area (Å²) in [5, 5.41) is 2.36. The van der Waals surface area contributed by atoms with Crippen LogP contribution in [-0.2, 0) is 12.6 Å². The van der Waals surface area contributed by atoms with Crippen LogP contribution in [0, 0.1) is 0 Å². The summed E-state index contributed by atoms with van der Waals surface area (Å²) in [6.45, 7) is 0.180. The maximum atomic E-state index is 12.3. The van der Waals surface area contributed by atoms with Crippen LogP contribution in [-0.4, -0.2) is 22.4 Å². The summed E-state index contributed by atoms with van der Waals surface area (Å²) in [7, 11) is 0. The zero-order valence-corrected chi connectivity index (χ0v) is 7.81. The fourth-order valence-corrected chi connectivity index (χ4v) is 1.45. The summed E-state index contributed by atoms with van der Waals surface area (Å²) in [6, 6.07) is 0. The second-order valence-electron chi connectivity index (χ2n) is 3.24. The number of aromatic amines is 1. The van der Waals surface area contributed by atoms with Crippen molar-refractivity contribution in [2.75, 3.05) is 6.54 Å². The van der Waals surface area contributed by atoms with Crippen LogP contribution in [0.15, 0.2) is 4.79 Å². The Morgan fingerprint density at radius 1 is 1.25 bits per heavy atom. The fraction of sp³-hybridized carbons (Fsp3) is 0.375. The van der Waals surface area contributed by atoms with Gasteiger partial charge in [0.05, 0.1) is 5.69 Å². The molecule has 0 aromatic carbocycles. The molecule has 2 heterocycles. The van der Waals surface area contributed by atoms with Crippen molar-refractivity contribution in [1.29, 1.82) is 0 Å². The van der Waals surface area contributed by atoms with Gasteiger partial charge in [0.1, 0.15) is 5.56 Å². The van der Waals surface area contributed by atoms with Gasteiger partial charge in [0.15, 0.2) is 0 Å². The van der Waals surface area contributed by atoms with Crippen molar-refractivity contribution in [3.8, 4) is 0 Å². The van der Waals surface area contributed by atoms with Gasteiger partial charge in [-0.2, -0.15) is 13.2 Å². The molecule has 2 N–H and O–H groups in total. The highest BCUT2D eigenvalue weighted by Gasteiger charge is 2.36. The molecule has 1 aliphatic rings. The molecule has 0 radical (unpaired) electrons. The average Bonchev–Trinajstić information content (AvgIpc) is 2.15. The minimum atomic E-state index is -4.72. The summed E-state index contributed by atoms with van der Waals surface area (Å²) >= 11 is 0. The van der Waals surface area contributed by atoms with E-state index in [1.807, 2.05) is 0 Å². The first kappa shape index (κ1) is 10.7. The molecule has 1 amide bonds. The number of carbonyl (C=O) groups is 1. The van der Waals surface area contributed by atoms with Crippen LogP contribution in [0.2, 0.25) is 0 Å². The molecule has 1 aliphatic heterocycles.